The number of aromatic nitrogens is 4. The Labute approximate surface area is 246 Å². The van der Waals surface area contributed by atoms with Crippen LogP contribution < -0.4 is 35.2 Å². The monoisotopic (exact) mass is 559 g/mol. The van der Waals surface area contributed by atoms with Gasteiger partial charge in [0.15, 0.2) is 0 Å². The molecule has 4 rings (SSSR count). The Morgan fingerprint density at radius 1 is 1.18 bits per heavy atom. The number of nitrogens with zero attached hydrogens (tertiary/aromatic N) is 5. The summed E-state index contributed by atoms with van der Waals surface area (Å²) in [4.78, 5) is 27.8. The van der Waals surface area contributed by atoms with Crippen LogP contribution in [0.4, 0.5) is 11.4 Å². The zero-order valence-corrected chi connectivity index (χ0v) is 22.9. The predicted octanol–water partition coefficient (Wildman–Crippen LogP) is -0.101. The van der Waals surface area contributed by atoms with Gasteiger partial charge < -0.3 is 11.1 Å². The Hall–Kier alpha value is -4.03. The van der Waals surface area contributed by atoms with Crippen LogP contribution in [0.2, 0.25) is 0 Å². The van der Waals surface area contributed by atoms with Crippen LogP contribution in [0.5, 0.6) is 0 Å². The number of nitrogens with two attached hydrogens (primary N) is 1. The first kappa shape index (κ1) is 31.2. The Kier molecular flexibility index (Phi) is 11.8. The molecule has 2 heterocycles. The molecule has 198 valence electrons. The predicted molar refractivity (Wildman–Crippen MR) is 145 cm³/mol. The molecule has 0 aliphatic rings. The van der Waals surface area contributed by atoms with Crippen molar-refractivity contribution < 1.29 is 43.5 Å². The van der Waals surface area contributed by atoms with E-state index in [4.69, 9.17) is 27.3 Å². The van der Waals surface area contributed by atoms with Crippen LogP contribution in [0.15, 0.2) is 83.4 Å². The first-order valence-electron chi connectivity index (χ1n) is 11.2. The minimum absolute atomic E-state index is 0. The van der Waals surface area contributed by atoms with Gasteiger partial charge in [-0.15, -0.1) is 6.07 Å². The minimum atomic E-state index is -0.289. The summed E-state index contributed by atoms with van der Waals surface area (Å²) in [6.07, 6.45) is 7.44. The molecule has 0 bridgehead atoms. The molecule has 1 amide bonds. The second-order valence-electron chi connectivity index (χ2n) is 7.88. The molecule has 0 fully saturated rings. The molecule has 0 saturated heterocycles. The number of hydrogen-bond acceptors (Lipinski definition) is 7. The number of aliphatic imine (C=N–C) groups is 1. The van der Waals surface area contributed by atoms with Gasteiger partial charge in [-0.05, 0) is 0 Å². The second-order valence-corrected chi connectivity index (χ2v) is 8.38. The van der Waals surface area contributed by atoms with E-state index in [1.54, 1.807) is 62.4 Å². The fourth-order valence-electron chi connectivity index (χ4n) is 3.13. The van der Waals surface area contributed by atoms with E-state index < -0.39 is 0 Å². The van der Waals surface area contributed by atoms with Gasteiger partial charge in [-0.3, -0.25) is 9.79 Å². The van der Waals surface area contributed by atoms with Crippen molar-refractivity contribution in [2.24, 2.45) is 17.8 Å². The molecule has 10 nitrogen and oxygen atoms in total. The van der Waals surface area contributed by atoms with Crippen LogP contribution in [0.25, 0.3) is 10.9 Å². The summed E-state index contributed by atoms with van der Waals surface area (Å²) >= 11 is 4.82. The van der Waals surface area contributed by atoms with Gasteiger partial charge in [0.1, 0.15) is 0 Å². The van der Waals surface area contributed by atoms with E-state index in [9.17, 15) is 9.59 Å². The number of carbonyl (C=O) groups is 2. The molecule has 0 atom stereocenters. The van der Waals surface area contributed by atoms with Crippen molar-refractivity contribution in [2.75, 3.05) is 17.7 Å². The maximum Gasteiger partial charge on any atom is 1.00 e. The maximum absolute atomic E-state index is 12.5. The van der Waals surface area contributed by atoms with Crippen molar-refractivity contribution in [1.29, 1.82) is 0 Å². The van der Waals surface area contributed by atoms with Gasteiger partial charge in [0.25, 0.3) is 0 Å². The van der Waals surface area contributed by atoms with E-state index in [2.05, 4.69) is 31.9 Å². The average Bonchev–Trinajstić information content (AvgIpc) is 3.53. The smallest absolute Gasteiger partial charge is 1.00 e. The van der Waals surface area contributed by atoms with Gasteiger partial charge in [-0.25, -0.2) is 0 Å². The van der Waals surface area contributed by atoms with Crippen molar-refractivity contribution >= 4 is 44.9 Å². The van der Waals surface area contributed by atoms with Gasteiger partial charge in [0.2, 0.25) is 5.91 Å². The summed E-state index contributed by atoms with van der Waals surface area (Å²) in [6, 6.07) is 15.4. The number of hydrogen-bond donors (Lipinski definition) is 3. The number of nitrogens with one attached hydrogen (secondary N) is 2. The molecule has 0 aliphatic heterocycles. The van der Waals surface area contributed by atoms with E-state index in [1.807, 2.05) is 18.2 Å². The summed E-state index contributed by atoms with van der Waals surface area (Å²) in [5, 5.41) is 14.7. The van der Waals surface area contributed by atoms with Crippen LogP contribution in [0, 0.1) is 12.6 Å². The van der Waals surface area contributed by atoms with Gasteiger partial charge in [-0.2, -0.15) is 24.3 Å². The van der Waals surface area contributed by atoms with Crippen molar-refractivity contribution in [3.05, 3.63) is 96.6 Å². The standard InChI is InChI=1S/C16H14N5O.C11H12N3O.Li.Ni/c1-11(2)7-17-14-4-5-15-12(6-14)8-19-21(15)16(22)13-9-18-20(3)10-13;1-13-8-9(7-12)11(15)14-10-5-3-2-4-6-10;;/h1,4-6,8-10,17H,2-3H3;2-3,5-8H,12H2,1H3,(H,14,15);;/q2*-1;+1;/b;9-7+,13-8?;;. The zero-order valence-electron chi connectivity index (χ0n) is 22.0. The van der Waals surface area contributed by atoms with E-state index >= 15 is 0 Å². The molecule has 2 aromatic carbocycles. The van der Waals surface area contributed by atoms with Crippen molar-refractivity contribution in [1.82, 2.24) is 19.6 Å². The minimum Gasteiger partial charge on any atom is 1.00 e. The second kappa shape index (κ2) is 14.8. The summed E-state index contributed by atoms with van der Waals surface area (Å²) in [5.74, 6) is -0.514. The summed E-state index contributed by atoms with van der Waals surface area (Å²) in [5.41, 5.74) is 8.85. The molecule has 2 aromatic heterocycles. The van der Waals surface area contributed by atoms with E-state index in [1.165, 1.54) is 23.3 Å². The third kappa shape index (κ3) is 8.49. The molecule has 39 heavy (non-hydrogen) atoms. The fraction of sp³-hybridized carbons (Fsp3) is 0.111. The number of rotatable bonds is 7. The topological polar surface area (TPSA) is 132 Å². The fourth-order valence-corrected chi connectivity index (χ4v) is 3.28. The summed E-state index contributed by atoms with van der Waals surface area (Å²) in [7, 11) is 3.34. The number of anilines is 2. The molecule has 0 unspecified atom stereocenters. The Bertz CT molecular complexity index is 1540. The van der Waals surface area contributed by atoms with Crippen molar-refractivity contribution in [2.45, 2.75) is 6.92 Å². The molecular formula is C27H26LiN8NiO2-. The molecule has 0 aliphatic carbocycles. The molecule has 4 aromatic rings. The van der Waals surface area contributed by atoms with Gasteiger partial charge in [0, 0.05) is 19.5 Å². The van der Waals surface area contributed by atoms with Crippen LogP contribution in [-0.2, 0) is 26.9 Å². The maximum atomic E-state index is 12.5. The molecule has 4 N–H and O–H groups in total. The van der Waals surface area contributed by atoms with Crippen LogP contribution in [-0.4, -0.2) is 49.3 Å². The molecule has 0 radical (unpaired) electrons. The first-order chi connectivity index (χ1) is 18.2. The SMILES string of the molecule is CN=C/C(=C\N)C(=O)Nc1c[c-]ccc1.[CH-]=C(C)[C](=[Ni])Nc1ccc2c(cnn2C(=O)c2cnn(C)c2)c1.[Li+]. The number of carbonyl (C=O) groups excluding carboxylic acids is 2. The van der Waals surface area contributed by atoms with E-state index in [0.717, 1.165) is 11.1 Å². The van der Waals surface area contributed by atoms with Crippen molar-refractivity contribution in [3.8, 4) is 0 Å². The Balaban J connectivity index is 0.000000292. The van der Waals surface area contributed by atoms with Crippen molar-refractivity contribution in [3.63, 3.8) is 0 Å². The third-order valence-electron chi connectivity index (χ3n) is 4.96. The Morgan fingerprint density at radius 3 is 2.54 bits per heavy atom. The van der Waals surface area contributed by atoms with Crippen LogP contribution in [0.3, 0.4) is 0 Å². The molecule has 0 saturated carbocycles. The summed E-state index contributed by atoms with van der Waals surface area (Å²) < 4.78 is 3.45. The third-order valence-corrected chi connectivity index (χ3v) is 5.47. The van der Waals surface area contributed by atoms with E-state index in [0.29, 0.717) is 32.5 Å². The normalized spacial score (nSPS) is 10.8. The van der Waals surface area contributed by atoms with E-state index in [-0.39, 0.29) is 30.7 Å². The number of benzene rings is 2. The Morgan fingerprint density at radius 2 is 1.95 bits per heavy atom. The van der Waals surface area contributed by atoms with Gasteiger partial charge >= 0.3 is 159 Å². The zero-order chi connectivity index (χ0) is 27.7. The molecule has 0 spiro atoms. The average molecular weight is 560 g/mol. The number of aryl methyl sites for hydroxylation is 1. The molecular weight excluding hydrogens is 534 g/mol. The van der Waals surface area contributed by atoms with Gasteiger partial charge in [-0.1, -0.05) is 5.69 Å². The quantitative estimate of drug-likeness (QED) is 0.125. The van der Waals surface area contributed by atoms with Gasteiger partial charge in [0.05, 0.1) is 5.57 Å². The number of amides is 1. The largest absolute Gasteiger partial charge is 1.00 e. The molecule has 12 heteroatoms. The number of fused-ring (bicyclic) bond motifs is 1. The first-order valence-corrected chi connectivity index (χ1v) is 11.7. The van der Waals surface area contributed by atoms with Crippen LogP contribution in [0.1, 0.15) is 17.3 Å². The summed E-state index contributed by atoms with van der Waals surface area (Å²) in [6.45, 7) is 7.41. The van der Waals surface area contributed by atoms with Crippen LogP contribution >= 0.6 is 0 Å².